The van der Waals surface area contributed by atoms with Gasteiger partial charge in [0.2, 0.25) is 0 Å². The number of benzene rings is 2. The van der Waals surface area contributed by atoms with Crippen LogP contribution in [0.3, 0.4) is 0 Å². The predicted molar refractivity (Wildman–Crippen MR) is 68.4 cm³/mol. The number of nitrogens with one attached hydrogen (secondary N) is 1. The van der Waals surface area contributed by atoms with Crippen LogP contribution in [0.2, 0.25) is 0 Å². The van der Waals surface area contributed by atoms with Crippen molar-refractivity contribution in [1.82, 2.24) is 5.32 Å². The highest BCUT2D eigenvalue weighted by atomic mass is 16.3. The maximum atomic E-state index is 11.7. The highest BCUT2D eigenvalue weighted by molar-refractivity contribution is 6.00. The summed E-state index contributed by atoms with van der Waals surface area (Å²) in [5.41, 5.74) is 1.57. The van der Waals surface area contributed by atoms with Gasteiger partial charge in [-0.1, -0.05) is 17.7 Å². The number of hydrogen-bond acceptors (Lipinski definition) is 2. The topological polar surface area (TPSA) is 49.3 Å². The molecule has 0 saturated heterocycles. The molecule has 0 bridgehead atoms. The van der Waals surface area contributed by atoms with E-state index in [0.29, 0.717) is 12.1 Å². The number of phenols is 1. The fourth-order valence-electron chi connectivity index (χ4n) is 1.85. The zero-order chi connectivity index (χ0) is 12.4. The Labute approximate surface area is 100 Å². The van der Waals surface area contributed by atoms with Crippen LogP contribution >= 0.6 is 0 Å². The van der Waals surface area contributed by atoms with Crippen molar-refractivity contribution in [2.24, 2.45) is 0 Å². The number of carbonyl (C=O) groups is 1. The molecule has 0 atom stereocenters. The van der Waals surface area contributed by atoms with Gasteiger partial charge in [-0.15, -0.1) is 0 Å². The second-order valence-corrected chi connectivity index (χ2v) is 4.08. The van der Waals surface area contributed by atoms with Gasteiger partial charge in [0.05, 0.1) is 0 Å². The third-order valence-electron chi connectivity index (χ3n) is 2.69. The number of hydrogen-bond donors (Lipinski definition) is 2. The molecular weight excluding hydrogens is 214 g/mol. The average molecular weight is 229 g/mol. The summed E-state index contributed by atoms with van der Waals surface area (Å²) < 4.78 is 0. The number of amides is 1. The number of rotatable bonds is 2. The molecule has 2 aromatic rings. The molecule has 0 radical (unpaired) electrons. The molecule has 3 nitrogen and oxygen atoms in total. The van der Waals surface area contributed by atoms with Crippen molar-refractivity contribution in [3.8, 4) is 5.75 Å². The first-order valence-electron chi connectivity index (χ1n) is 5.63. The number of aryl methyl sites for hydroxylation is 1. The number of fused-ring (bicyclic) bond motifs is 1. The zero-order valence-electron chi connectivity index (χ0n) is 9.95. The largest absolute Gasteiger partial charge is 0.507 e. The molecule has 17 heavy (non-hydrogen) atoms. The quantitative estimate of drug-likeness (QED) is 0.831. The van der Waals surface area contributed by atoms with Crippen LogP contribution in [-0.4, -0.2) is 17.6 Å². The van der Waals surface area contributed by atoms with E-state index in [1.165, 1.54) is 6.07 Å². The fraction of sp³-hybridized carbons (Fsp3) is 0.214. The van der Waals surface area contributed by atoms with E-state index >= 15 is 0 Å². The van der Waals surface area contributed by atoms with Gasteiger partial charge in [-0.25, -0.2) is 0 Å². The summed E-state index contributed by atoms with van der Waals surface area (Å²) >= 11 is 0. The lowest BCUT2D eigenvalue weighted by atomic mass is 10.0. The molecule has 0 unspecified atom stereocenters. The summed E-state index contributed by atoms with van der Waals surface area (Å²) in [6.45, 7) is 4.41. The lowest BCUT2D eigenvalue weighted by Gasteiger charge is -2.07. The Hall–Kier alpha value is -2.03. The van der Waals surface area contributed by atoms with Gasteiger partial charge in [0.25, 0.3) is 5.91 Å². The Bertz CT molecular complexity index is 576. The van der Waals surface area contributed by atoms with Crippen LogP contribution in [0, 0.1) is 6.92 Å². The molecule has 88 valence electrons. The normalized spacial score (nSPS) is 10.5. The molecular formula is C14H15NO2. The Kier molecular flexibility index (Phi) is 3.00. The average Bonchev–Trinajstić information content (AvgIpc) is 2.30. The van der Waals surface area contributed by atoms with E-state index in [-0.39, 0.29) is 11.7 Å². The predicted octanol–water partition coefficient (Wildman–Crippen LogP) is 2.60. The van der Waals surface area contributed by atoms with Gasteiger partial charge < -0.3 is 10.4 Å². The van der Waals surface area contributed by atoms with Gasteiger partial charge in [0.1, 0.15) is 5.75 Å². The molecule has 1 amide bonds. The van der Waals surface area contributed by atoms with Crippen molar-refractivity contribution >= 4 is 16.7 Å². The van der Waals surface area contributed by atoms with Crippen LogP contribution < -0.4 is 5.32 Å². The second-order valence-electron chi connectivity index (χ2n) is 4.08. The fourth-order valence-corrected chi connectivity index (χ4v) is 1.85. The van der Waals surface area contributed by atoms with Crippen molar-refractivity contribution in [2.45, 2.75) is 13.8 Å². The molecule has 0 aliphatic heterocycles. The number of aromatic hydroxyl groups is 1. The van der Waals surface area contributed by atoms with Gasteiger partial charge in [-0.05, 0) is 37.4 Å². The molecule has 0 aromatic heterocycles. The molecule has 2 aromatic carbocycles. The van der Waals surface area contributed by atoms with E-state index in [4.69, 9.17) is 0 Å². The van der Waals surface area contributed by atoms with Crippen molar-refractivity contribution in [3.63, 3.8) is 0 Å². The van der Waals surface area contributed by atoms with Gasteiger partial charge in [-0.3, -0.25) is 4.79 Å². The lowest BCUT2D eigenvalue weighted by Crippen LogP contribution is -2.22. The molecule has 0 aliphatic carbocycles. The van der Waals surface area contributed by atoms with Crippen molar-refractivity contribution in [2.75, 3.05) is 6.54 Å². The SMILES string of the molecule is CCNC(=O)c1cc(O)c2cc(C)ccc2c1. The molecule has 0 saturated carbocycles. The minimum atomic E-state index is -0.162. The first kappa shape index (κ1) is 11.5. The van der Waals surface area contributed by atoms with E-state index in [9.17, 15) is 9.90 Å². The maximum Gasteiger partial charge on any atom is 0.251 e. The van der Waals surface area contributed by atoms with Crippen LogP contribution in [0.25, 0.3) is 10.8 Å². The van der Waals surface area contributed by atoms with Crippen LogP contribution in [0.1, 0.15) is 22.8 Å². The highest BCUT2D eigenvalue weighted by Gasteiger charge is 2.08. The standard InChI is InChI=1S/C14H15NO2/c1-3-15-14(17)11-7-10-5-4-9(2)6-12(10)13(16)8-11/h4-8,16H,3H2,1-2H3,(H,15,17). The van der Waals surface area contributed by atoms with Crippen LogP contribution in [-0.2, 0) is 0 Å². The van der Waals surface area contributed by atoms with Gasteiger partial charge in [-0.2, -0.15) is 0 Å². The second kappa shape index (κ2) is 4.45. The Morgan fingerprint density at radius 2 is 2.06 bits per heavy atom. The first-order chi connectivity index (χ1) is 8.11. The highest BCUT2D eigenvalue weighted by Crippen LogP contribution is 2.27. The van der Waals surface area contributed by atoms with Gasteiger partial charge in [0.15, 0.2) is 0 Å². The molecule has 0 spiro atoms. The molecule has 2 N–H and O–H groups in total. The van der Waals surface area contributed by atoms with Crippen molar-refractivity contribution < 1.29 is 9.90 Å². The summed E-state index contributed by atoms with van der Waals surface area (Å²) in [5.74, 6) is -0.0160. The maximum absolute atomic E-state index is 11.7. The van der Waals surface area contributed by atoms with E-state index in [1.54, 1.807) is 6.07 Å². The lowest BCUT2D eigenvalue weighted by molar-refractivity contribution is 0.0955. The first-order valence-corrected chi connectivity index (χ1v) is 5.63. The van der Waals surface area contributed by atoms with Gasteiger partial charge in [0, 0.05) is 17.5 Å². The smallest absolute Gasteiger partial charge is 0.251 e. The third kappa shape index (κ3) is 2.23. The van der Waals surface area contributed by atoms with E-state index < -0.39 is 0 Å². The van der Waals surface area contributed by atoms with Crippen LogP contribution in [0.15, 0.2) is 30.3 Å². The van der Waals surface area contributed by atoms with E-state index in [0.717, 1.165) is 16.3 Å². The summed E-state index contributed by atoms with van der Waals surface area (Å²) in [6, 6.07) is 9.08. The van der Waals surface area contributed by atoms with Crippen molar-refractivity contribution in [1.29, 1.82) is 0 Å². The third-order valence-corrected chi connectivity index (χ3v) is 2.69. The summed E-state index contributed by atoms with van der Waals surface area (Å²) in [7, 11) is 0. The summed E-state index contributed by atoms with van der Waals surface area (Å²) in [5, 5.41) is 14.3. The minimum Gasteiger partial charge on any atom is -0.507 e. The minimum absolute atomic E-state index is 0.146. The molecule has 0 aliphatic rings. The van der Waals surface area contributed by atoms with Crippen LogP contribution in [0.4, 0.5) is 0 Å². The van der Waals surface area contributed by atoms with E-state index in [1.807, 2.05) is 32.0 Å². The van der Waals surface area contributed by atoms with Crippen molar-refractivity contribution in [3.05, 3.63) is 41.5 Å². The Balaban J connectivity index is 2.56. The zero-order valence-corrected chi connectivity index (χ0v) is 9.95. The molecule has 3 heteroatoms. The summed E-state index contributed by atoms with van der Waals surface area (Å²) in [6.07, 6.45) is 0. The molecule has 2 rings (SSSR count). The molecule has 0 fully saturated rings. The monoisotopic (exact) mass is 229 g/mol. The van der Waals surface area contributed by atoms with E-state index in [2.05, 4.69) is 5.32 Å². The number of carbonyl (C=O) groups excluding carboxylic acids is 1. The Morgan fingerprint density at radius 3 is 2.76 bits per heavy atom. The number of phenolic OH excluding ortho intramolecular Hbond substituents is 1. The molecule has 0 heterocycles. The Morgan fingerprint density at radius 1 is 1.29 bits per heavy atom. The summed E-state index contributed by atoms with van der Waals surface area (Å²) in [4.78, 5) is 11.7. The van der Waals surface area contributed by atoms with Crippen LogP contribution in [0.5, 0.6) is 5.75 Å². The van der Waals surface area contributed by atoms with Gasteiger partial charge >= 0.3 is 0 Å².